The first-order chi connectivity index (χ1) is 9.41. The Balaban J connectivity index is 2.19. The summed E-state index contributed by atoms with van der Waals surface area (Å²) in [4.78, 5) is 25.6. The van der Waals surface area contributed by atoms with Crippen molar-refractivity contribution in [2.75, 3.05) is 18.1 Å². The zero-order valence-corrected chi connectivity index (χ0v) is 12.7. The largest absolute Gasteiger partial charge is 0.325 e. The van der Waals surface area contributed by atoms with Gasteiger partial charge in [-0.25, -0.2) is 13.2 Å². The van der Waals surface area contributed by atoms with Crippen LogP contribution in [-0.4, -0.2) is 48.8 Å². The zero-order valence-electron chi connectivity index (χ0n) is 11.9. The van der Waals surface area contributed by atoms with Gasteiger partial charge in [-0.3, -0.25) is 10.1 Å². The second kappa shape index (κ2) is 5.71. The average molecular weight is 302 g/mol. The number of carbonyl (C=O) groups is 2. The molecule has 0 aromatic rings. The fourth-order valence-corrected chi connectivity index (χ4v) is 3.85. The number of sulfone groups is 1. The summed E-state index contributed by atoms with van der Waals surface area (Å²) in [6, 6.07) is -0.441. The Morgan fingerprint density at radius 3 is 2.30 bits per heavy atom. The number of nitrogens with zero attached hydrogens (tertiary/aromatic N) is 1. The fraction of sp³-hybridized carbons (Fsp3) is 0.846. The van der Waals surface area contributed by atoms with Crippen LogP contribution in [0, 0.1) is 0 Å². The Hall–Kier alpha value is -1.11. The second-order valence-electron chi connectivity index (χ2n) is 5.59. The van der Waals surface area contributed by atoms with Crippen molar-refractivity contribution in [1.29, 1.82) is 0 Å². The molecular weight excluding hydrogens is 280 g/mol. The third kappa shape index (κ3) is 2.82. The molecule has 1 N–H and O–H groups in total. The van der Waals surface area contributed by atoms with Crippen LogP contribution in [0.4, 0.5) is 4.79 Å². The van der Waals surface area contributed by atoms with E-state index in [0.29, 0.717) is 12.8 Å². The molecule has 0 aromatic carbocycles. The summed E-state index contributed by atoms with van der Waals surface area (Å²) in [6.07, 6.45) is 5.19. The van der Waals surface area contributed by atoms with Crippen LogP contribution in [0.25, 0.3) is 0 Å². The number of hydrogen-bond donors (Lipinski definition) is 1. The van der Waals surface area contributed by atoms with Crippen LogP contribution in [0.5, 0.6) is 0 Å². The molecule has 2 fully saturated rings. The lowest BCUT2D eigenvalue weighted by atomic mass is 9.89. The smallest absolute Gasteiger partial charge is 0.309 e. The lowest BCUT2D eigenvalue weighted by molar-refractivity contribution is -0.127. The Bertz CT molecular complexity index is 493. The Morgan fingerprint density at radius 1 is 1.15 bits per heavy atom. The van der Waals surface area contributed by atoms with E-state index in [4.69, 9.17) is 0 Å². The van der Waals surface area contributed by atoms with Crippen molar-refractivity contribution in [2.24, 2.45) is 0 Å². The molecule has 0 atom stereocenters. The van der Waals surface area contributed by atoms with Gasteiger partial charge in [0.05, 0.1) is 5.75 Å². The molecule has 6 nitrogen and oxygen atoms in total. The quantitative estimate of drug-likeness (QED) is 0.787. The normalized spacial score (nSPS) is 22.9. The molecule has 1 saturated carbocycles. The standard InChI is InChI=1S/C13H22N2O4S/c1-2-20(18,19)10-9-15-12(17)14-11(16)13(15)7-5-3-4-6-8-13/h2-10H2,1H3,(H,14,16,17). The monoisotopic (exact) mass is 302 g/mol. The summed E-state index contributed by atoms with van der Waals surface area (Å²) in [6.45, 7) is 1.69. The Kier molecular flexibility index (Phi) is 4.36. The Labute approximate surface area is 119 Å². The van der Waals surface area contributed by atoms with Gasteiger partial charge in [0.15, 0.2) is 9.84 Å². The first-order valence-electron chi connectivity index (χ1n) is 7.25. The molecule has 2 rings (SSSR count). The van der Waals surface area contributed by atoms with Crippen molar-refractivity contribution < 1.29 is 18.0 Å². The maximum absolute atomic E-state index is 12.2. The van der Waals surface area contributed by atoms with E-state index >= 15 is 0 Å². The van der Waals surface area contributed by atoms with Crippen molar-refractivity contribution in [1.82, 2.24) is 10.2 Å². The molecule has 2 aliphatic rings. The van der Waals surface area contributed by atoms with Gasteiger partial charge in [0.1, 0.15) is 5.54 Å². The van der Waals surface area contributed by atoms with E-state index in [1.54, 1.807) is 6.92 Å². The third-order valence-corrected chi connectivity index (χ3v) is 6.09. The molecular formula is C13H22N2O4S. The number of urea groups is 1. The van der Waals surface area contributed by atoms with Gasteiger partial charge in [0.2, 0.25) is 0 Å². The number of rotatable bonds is 4. The summed E-state index contributed by atoms with van der Waals surface area (Å²) in [5.74, 6) is -0.270. The number of amides is 3. The van der Waals surface area contributed by atoms with Gasteiger partial charge in [0, 0.05) is 12.3 Å². The number of nitrogens with one attached hydrogen (secondary N) is 1. The van der Waals surface area contributed by atoms with Crippen molar-refractivity contribution in [3.05, 3.63) is 0 Å². The zero-order chi connectivity index (χ0) is 14.8. The molecule has 1 aliphatic heterocycles. The highest BCUT2D eigenvalue weighted by atomic mass is 32.2. The molecule has 0 radical (unpaired) electrons. The summed E-state index contributed by atoms with van der Waals surface area (Å²) in [5, 5.41) is 2.36. The molecule has 0 unspecified atom stereocenters. The third-order valence-electron chi connectivity index (χ3n) is 4.40. The summed E-state index contributed by atoms with van der Waals surface area (Å²) in [5.41, 5.74) is -0.809. The topological polar surface area (TPSA) is 83.6 Å². The van der Waals surface area contributed by atoms with E-state index in [9.17, 15) is 18.0 Å². The molecule has 7 heteroatoms. The van der Waals surface area contributed by atoms with Gasteiger partial charge in [-0.05, 0) is 12.8 Å². The molecule has 1 heterocycles. The lowest BCUT2D eigenvalue weighted by Gasteiger charge is -2.34. The molecule has 20 heavy (non-hydrogen) atoms. The van der Waals surface area contributed by atoms with Gasteiger partial charge < -0.3 is 4.90 Å². The van der Waals surface area contributed by atoms with Crippen LogP contribution in [-0.2, 0) is 14.6 Å². The fourth-order valence-electron chi connectivity index (χ4n) is 3.10. The van der Waals surface area contributed by atoms with Crippen LogP contribution >= 0.6 is 0 Å². The first-order valence-corrected chi connectivity index (χ1v) is 9.07. The van der Waals surface area contributed by atoms with Crippen LogP contribution in [0.15, 0.2) is 0 Å². The molecule has 0 bridgehead atoms. The van der Waals surface area contributed by atoms with Crippen LogP contribution in [0.3, 0.4) is 0 Å². The van der Waals surface area contributed by atoms with Crippen molar-refractivity contribution in [3.63, 3.8) is 0 Å². The van der Waals surface area contributed by atoms with Gasteiger partial charge in [-0.2, -0.15) is 0 Å². The van der Waals surface area contributed by atoms with E-state index in [1.165, 1.54) is 4.90 Å². The number of hydrogen-bond acceptors (Lipinski definition) is 4. The average Bonchev–Trinajstić information content (AvgIpc) is 2.60. The van der Waals surface area contributed by atoms with Gasteiger partial charge in [-0.1, -0.05) is 32.6 Å². The van der Waals surface area contributed by atoms with Crippen LogP contribution in [0.2, 0.25) is 0 Å². The molecule has 1 spiro atoms. The highest BCUT2D eigenvalue weighted by molar-refractivity contribution is 7.91. The minimum atomic E-state index is -3.15. The molecule has 1 saturated heterocycles. The highest BCUT2D eigenvalue weighted by Crippen LogP contribution is 2.35. The first kappa shape index (κ1) is 15.3. The van der Waals surface area contributed by atoms with Crippen LogP contribution in [0.1, 0.15) is 45.4 Å². The van der Waals surface area contributed by atoms with Gasteiger partial charge in [0.25, 0.3) is 5.91 Å². The predicted octanol–water partition coefficient (Wildman–Crippen LogP) is 1.07. The van der Waals surface area contributed by atoms with Gasteiger partial charge >= 0.3 is 6.03 Å². The Morgan fingerprint density at radius 2 is 1.75 bits per heavy atom. The molecule has 3 amide bonds. The second-order valence-corrected chi connectivity index (χ2v) is 8.07. The van der Waals surface area contributed by atoms with E-state index in [2.05, 4.69) is 5.32 Å². The van der Waals surface area contributed by atoms with Crippen LogP contribution < -0.4 is 5.32 Å². The SMILES string of the molecule is CCS(=O)(=O)CCN1C(=O)NC(=O)C12CCCCCC2. The predicted molar refractivity (Wildman–Crippen MR) is 75.0 cm³/mol. The number of imide groups is 1. The van der Waals surface area contributed by atoms with Crippen molar-refractivity contribution in [2.45, 2.75) is 51.0 Å². The summed E-state index contributed by atoms with van der Waals surface area (Å²) >= 11 is 0. The summed E-state index contributed by atoms with van der Waals surface area (Å²) < 4.78 is 23.3. The molecule has 0 aromatic heterocycles. The van der Waals surface area contributed by atoms with Crippen molar-refractivity contribution >= 4 is 21.8 Å². The number of carbonyl (C=O) groups excluding carboxylic acids is 2. The van der Waals surface area contributed by atoms with Gasteiger partial charge in [-0.15, -0.1) is 0 Å². The summed E-state index contributed by atoms with van der Waals surface area (Å²) in [7, 11) is -3.15. The molecule has 1 aliphatic carbocycles. The van der Waals surface area contributed by atoms with E-state index in [1.807, 2.05) is 0 Å². The minimum absolute atomic E-state index is 0.0589. The highest BCUT2D eigenvalue weighted by Gasteiger charge is 2.52. The van der Waals surface area contributed by atoms with Crippen molar-refractivity contribution in [3.8, 4) is 0 Å². The van der Waals surface area contributed by atoms with E-state index in [-0.39, 0.29) is 24.0 Å². The lowest BCUT2D eigenvalue weighted by Crippen LogP contribution is -2.50. The minimum Gasteiger partial charge on any atom is -0.309 e. The van der Waals surface area contributed by atoms with E-state index < -0.39 is 21.4 Å². The van der Waals surface area contributed by atoms with E-state index in [0.717, 1.165) is 25.7 Å². The maximum atomic E-state index is 12.2. The maximum Gasteiger partial charge on any atom is 0.325 e. The molecule has 114 valence electrons.